The molecule has 2 aliphatic rings. The first-order chi connectivity index (χ1) is 20.7. The molecule has 0 N–H and O–H groups in total. The average molecular weight is 647 g/mol. The Morgan fingerprint density at radius 2 is 1.77 bits per heavy atom. The fraction of sp³-hybridized carbons (Fsp3) is 0.467. The van der Waals surface area contributed by atoms with E-state index < -0.39 is 53.6 Å². The molecule has 2 saturated heterocycles. The number of carbonyl (C=O) groups is 1. The van der Waals surface area contributed by atoms with Gasteiger partial charge in [0.25, 0.3) is 0 Å². The maximum absolute atomic E-state index is 14.1. The summed E-state index contributed by atoms with van der Waals surface area (Å²) in [6, 6.07) is 5.59. The highest BCUT2D eigenvalue weighted by atomic mass is 32.1. The molecule has 5 rings (SSSR count). The SMILES string of the molecule is CCOC(=O)c1cnc(N2CC3[C@H](CO[C@H](O[C@H](C)c4cc(C(F)(F)F)cc(C(F)(F)F)c4)[C@H]3c3ccc(F)cc3C)C2)s1. The van der Waals surface area contributed by atoms with Crippen molar-refractivity contribution < 1.29 is 49.7 Å². The first-order valence-corrected chi connectivity index (χ1v) is 14.7. The molecule has 0 radical (unpaired) electrons. The van der Waals surface area contributed by atoms with E-state index >= 15 is 0 Å². The first kappa shape index (κ1) is 32.2. The van der Waals surface area contributed by atoms with Gasteiger partial charge in [0.2, 0.25) is 0 Å². The molecule has 5 atom stereocenters. The Morgan fingerprint density at radius 3 is 2.39 bits per heavy atom. The van der Waals surface area contributed by atoms with Crippen molar-refractivity contribution in [2.45, 2.75) is 51.4 Å². The fourth-order valence-electron chi connectivity index (χ4n) is 5.88. The monoisotopic (exact) mass is 646 g/mol. The molecule has 0 amide bonds. The van der Waals surface area contributed by atoms with Crippen molar-refractivity contribution in [1.82, 2.24) is 4.98 Å². The van der Waals surface area contributed by atoms with E-state index in [2.05, 4.69) is 4.98 Å². The van der Waals surface area contributed by atoms with Crippen LogP contribution < -0.4 is 4.90 Å². The summed E-state index contributed by atoms with van der Waals surface area (Å²) in [5.74, 6) is -1.70. The number of esters is 1. The van der Waals surface area contributed by atoms with Gasteiger partial charge in [-0.05, 0) is 73.7 Å². The smallest absolute Gasteiger partial charge is 0.416 e. The molecule has 0 spiro atoms. The van der Waals surface area contributed by atoms with Crippen LogP contribution in [0.3, 0.4) is 0 Å². The van der Waals surface area contributed by atoms with E-state index in [1.807, 2.05) is 4.90 Å². The van der Waals surface area contributed by atoms with Crippen LogP contribution in [0, 0.1) is 24.6 Å². The number of nitrogens with zero attached hydrogens (tertiary/aromatic N) is 2. The molecule has 6 nitrogen and oxygen atoms in total. The summed E-state index contributed by atoms with van der Waals surface area (Å²) in [6.07, 6.45) is -10.9. The number of benzene rings is 2. The van der Waals surface area contributed by atoms with E-state index in [-0.39, 0.29) is 36.7 Å². The second-order valence-electron chi connectivity index (χ2n) is 10.9. The van der Waals surface area contributed by atoms with Crippen molar-refractivity contribution in [2.24, 2.45) is 11.8 Å². The summed E-state index contributed by atoms with van der Waals surface area (Å²) in [5, 5.41) is 0.589. The van der Waals surface area contributed by atoms with Crippen LogP contribution in [-0.4, -0.2) is 43.5 Å². The number of aromatic nitrogens is 1. The second kappa shape index (κ2) is 12.3. The molecule has 1 aromatic heterocycles. The number of halogens is 7. The number of hydrogen-bond donors (Lipinski definition) is 0. The predicted molar refractivity (Wildman–Crippen MR) is 147 cm³/mol. The maximum Gasteiger partial charge on any atom is 0.416 e. The minimum absolute atomic E-state index is 0.0556. The van der Waals surface area contributed by atoms with Gasteiger partial charge in [0.1, 0.15) is 10.7 Å². The predicted octanol–water partition coefficient (Wildman–Crippen LogP) is 7.78. The second-order valence-corrected chi connectivity index (χ2v) is 11.9. The summed E-state index contributed by atoms with van der Waals surface area (Å²) in [4.78, 5) is 18.9. The number of alkyl halides is 6. The molecule has 3 aromatic rings. The molecule has 14 heteroatoms. The standard InChI is InChI=1S/C30H29F7N2O4S/c1-4-41-26(40)24-11-38-28(44-24)39-12-18-14-42-27(25(23(18)13-39)22-6-5-21(31)7-15(22)2)43-16(3)17-8-19(29(32,33)34)10-20(9-17)30(35,36)37/h5-11,16,18,23,25,27H,4,12-14H2,1-3H3/t16-,18+,23?,25+,27-/m1/s1. The van der Waals surface area contributed by atoms with Crippen molar-refractivity contribution in [3.8, 4) is 0 Å². The van der Waals surface area contributed by atoms with Crippen molar-refractivity contribution in [3.05, 3.63) is 81.1 Å². The van der Waals surface area contributed by atoms with Gasteiger partial charge in [0.05, 0.1) is 36.6 Å². The van der Waals surface area contributed by atoms with Gasteiger partial charge < -0.3 is 19.1 Å². The van der Waals surface area contributed by atoms with E-state index in [0.717, 1.165) is 0 Å². The first-order valence-electron chi connectivity index (χ1n) is 13.9. The lowest BCUT2D eigenvalue weighted by Gasteiger charge is -2.41. The van der Waals surface area contributed by atoms with Gasteiger partial charge >= 0.3 is 18.3 Å². The Kier molecular flexibility index (Phi) is 8.98. The van der Waals surface area contributed by atoms with Crippen molar-refractivity contribution >= 4 is 22.4 Å². The molecule has 44 heavy (non-hydrogen) atoms. The summed E-state index contributed by atoms with van der Waals surface area (Å²) in [6.45, 7) is 6.15. The Balaban J connectivity index is 1.46. The highest BCUT2D eigenvalue weighted by Crippen LogP contribution is 2.47. The fourth-order valence-corrected chi connectivity index (χ4v) is 6.70. The molecule has 2 fully saturated rings. The third kappa shape index (κ3) is 6.71. The Hall–Kier alpha value is -3.23. The van der Waals surface area contributed by atoms with Gasteiger partial charge in [-0.2, -0.15) is 26.3 Å². The molecule has 2 aromatic carbocycles. The summed E-state index contributed by atoms with van der Waals surface area (Å²) in [7, 11) is 0. The van der Waals surface area contributed by atoms with Crippen molar-refractivity contribution in [2.75, 3.05) is 31.2 Å². The molecule has 2 aliphatic heterocycles. The van der Waals surface area contributed by atoms with Gasteiger partial charge in [-0.3, -0.25) is 0 Å². The van der Waals surface area contributed by atoms with E-state index in [1.165, 1.54) is 36.6 Å². The lowest BCUT2D eigenvalue weighted by molar-refractivity contribution is -0.217. The number of anilines is 1. The number of thiazole rings is 1. The molecule has 1 unspecified atom stereocenters. The Morgan fingerprint density at radius 1 is 1.09 bits per heavy atom. The van der Waals surface area contributed by atoms with Crippen LogP contribution in [0.4, 0.5) is 35.9 Å². The number of aryl methyl sites for hydroxylation is 1. The molecule has 0 saturated carbocycles. The van der Waals surface area contributed by atoms with Crippen LogP contribution >= 0.6 is 11.3 Å². The number of fused-ring (bicyclic) bond motifs is 1. The number of carbonyl (C=O) groups excluding carboxylic acids is 1. The molecule has 238 valence electrons. The molecule has 0 aliphatic carbocycles. The Bertz CT molecular complexity index is 1480. The van der Waals surface area contributed by atoms with Crippen LogP contribution in [0.2, 0.25) is 0 Å². The lowest BCUT2D eigenvalue weighted by atomic mass is 9.76. The van der Waals surface area contributed by atoms with Gasteiger partial charge in [0, 0.05) is 24.9 Å². The minimum atomic E-state index is -5.01. The summed E-state index contributed by atoms with van der Waals surface area (Å²) in [5.41, 5.74) is -1.91. The van der Waals surface area contributed by atoms with Gasteiger partial charge in [0.15, 0.2) is 11.4 Å². The van der Waals surface area contributed by atoms with Crippen LogP contribution in [0.25, 0.3) is 0 Å². The highest BCUT2D eigenvalue weighted by molar-refractivity contribution is 7.17. The van der Waals surface area contributed by atoms with Crippen LogP contribution in [0.15, 0.2) is 42.6 Å². The van der Waals surface area contributed by atoms with E-state index in [9.17, 15) is 35.5 Å². The van der Waals surface area contributed by atoms with Crippen molar-refractivity contribution in [1.29, 1.82) is 0 Å². The molecular formula is C30H29F7N2O4S. The van der Waals surface area contributed by atoms with Crippen LogP contribution in [-0.2, 0) is 26.6 Å². The largest absolute Gasteiger partial charge is 0.462 e. The lowest BCUT2D eigenvalue weighted by Crippen LogP contribution is -2.42. The Labute approximate surface area is 252 Å². The quantitative estimate of drug-likeness (QED) is 0.193. The third-order valence-corrected chi connectivity index (χ3v) is 9.01. The van der Waals surface area contributed by atoms with Crippen LogP contribution in [0.5, 0.6) is 0 Å². The van der Waals surface area contributed by atoms with Crippen LogP contribution in [0.1, 0.15) is 63.4 Å². The highest BCUT2D eigenvalue weighted by Gasteiger charge is 2.48. The zero-order valence-electron chi connectivity index (χ0n) is 23.8. The number of rotatable bonds is 7. The summed E-state index contributed by atoms with van der Waals surface area (Å²) < 4.78 is 113. The normalized spacial score (nSPS) is 23.0. The van der Waals surface area contributed by atoms with Gasteiger partial charge in [-0.1, -0.05) is 17.4 Å². The minimum Gasteiger partial charge on any atom is -0.462 e. The third-order valence-electron chi connectivity index (χ3n) is 7.97. The molecule has 3 heterocycles. The number of hydrogen-bond acceptors (Lipinski definition) is 7. The van der Waals surface area contributed by atoms with Gasteiger partial charge in [-0.25, -0.2) is 14.2 Å². The molecular weight excluding hydrogens is 617 g/mol. The summed E-state index contributed by atoms with van der Waals surface area (Å²) >= 11 is 1.18. The van der Waals surface area contributed by atoms with Crippen molar-refractivity contribution in [3.63, 3.8) is 0 Å². The number of ether oxygens (including phenoxy) is 3. The molecule has 0 bridgehead atoms. The van der Waals surface area contributed by atoms with Gasteiger partial charge in [-0.15, -0.1) is 0 Å². The maximum atomic E-state index is 14.1. The average Bonchev–Trinajstić information content (AvgIpc) is 3.60. The zero-order chi connectivity index (χ0) is 32.0. The van der Waals surface area contributed by atoms with E-state index in [1.54, 1.807) is 19.9 Å². The topological polar surface area (TPSA) is 60.9 Å². The van der Waals surface area contributed by atoms with E-state index in [4.69, 9.17) is 14.2 Å². The zero-order valence-corrected chi connectivity index (χ0v) is 24.7. The van der Waals surface area contributed by atoms with E-state index in [0.29, 0.717) is 46.4 Å².